The molecule has 2 aliphatic rings. The summed E-state index contributed by atoms with van der Waals surface area (Å²) in [6.45, 7) is 1.66. The van der Waals surface area contributed by atoms with Gasteiger partial charge in [-0.1, -0.05) is 31.2 Å². The predicted octanol–water partition coefficient (Wildman–Crippen LogP) is 2.00. The smallest absolute Gasteiger partial charge is 0.316 e. The molecule has 0 bridgehead atoms. The van der Waals surface area contributed by atoms with Gasteiger partial charge in [-0.05, 0) is 18.1 Å². The third-order valence-corrected chi connectivity index (χ3v) is 6.04. The Balaban J connectivity index is 2.03. The SMILES string of the molecule is CC[C@]1(O)C[C@H](O)c2c(cc3c(c2O)C(=O)c2ccccc2C3=O)[C@H]1C(=O)OC. The molecule has 2 aromatic rings. The first kappa shape index (κ1) is 19.3. The minimum atomic E-state index is -1.63. The maximum Gasteiger partial charge on any atom is 0.316 e. The summed E-state index contributed by atoms with van der Waals surface area (Å²) >= 11 is 0. The molecule has 0 aromatic heterocycles. The first-order chi connectivity index (χ1) is 13.7. The van der Waals surface area contributed by atoms with E-state index >= 15 is 0 Å². The molecule has 7 nitrogen and oxygen atoms in total. The van der Waals surface area contributed by atoms with Crippen molar-refractivity contribution in [1.82, 2.24) is 0 Å². The average Bonchev–Trinajstić information content (AvgIpc) is 2.71. The fourth-order valence-electron chi connectivity index (χ4n) is 4.52. The third kappa shape index (κ3) is 2.54. The molecular weight excluding hydrogens is 376 g/mol. The van der Waals surface area contributed by atoms with Gasteiger partial charge in [-0.15, -0.1) is 0 Å². The van der Waals surface area contributed by atoms with Crippen LogP contribution >= 0.6 is 0 Å². The number of hydrogen-bond acceptors (Lipinski definition) is 7. The lowest BCUT2D eigenvalue weighted by Gasteiger charge is -2.42. The van der Waals surface area contributed by atoms with Gasteiger partial charge in [-0.3, -0.25) is 14.4 Å². The van der Waals surface area contributed by atoms with Crippen LogP contribution < -0.4 is 0 Å². The van der Waals surface area contributed by atoms with Gasteiger partial charge >= 0.3 is 5.97 Å². The molecule has 0 amide bonds. The van der Waals surface area contributed by atoms with Gasteiger partial charge in [0.1, 0.15) is 11.7 Å². The van der Waals surface area contributed by atoms with Crippen LogP contribution in [0.15, 0.2) is 30.3 Å². The molecule has 0 saturated heterocycles. The summed E-state index contributed by atoms with van der Waals surface area (Å²) in [5.41, 5.74) is -1.46. The number of methoxy groups -OCH3 is 1. The number of phenols is 1. The number of carbonyl (C=O) groups excluding carboxylic acids is 3. The Labute approximate surface area is 166 Å². The number of rotatable bonds is 2. The van der Waals surface area contributed by atoms with E-state index in [1.54, 1.807) is 19.1 Å². The molecule has 3 atom stereocenters. The second-order valence-corrected chi connectivity index (χ2v) is 7.49. The summed E-state index contributed by atoms with van der Waals surface area (Å²) in [4.78, 5) is 38.6. The van der Waals surface area contributed by atoms with E-state index in [1.165, 1.54) is 25.3 Å². The molecule has 0 radical (unpaired) electrons. The fraction of sp³-hybridized carbons (Fsp3) is 0.318. The average molecular weight is 396 g/mol. The van der Waals surface area contributed by atoms with Crippen molar-refractivity contribution < 1.29 is 34.4 Å². The topological polar surface area (TPSA) is 121 Å². The lowest BCUT2D eigenvalue weighted by atomic mass is 9.67. The van der Waals surface area contributed by atoms with Gasteiger partial charge in [-0.2, -0.15) is 0 Å². The van der Waals surface area contributed by atoms with Crippen LogP contribution in [0.25, 0.3) is 0 Å². The number of fused-ring (bicyclic) bond motifs is 3. The number of phenolic OH excluding ortho intramolecular Hbond substituents is 1. The standard InChI is InChI=1S/C22H20O7/c1-3-22(28)9-14(23)15-12(17(22)21(27)29-2)8-13-16(20(15)26)19(25)11-7-5-4-6-10(11)18(13)24/h4-8,14,17,23,26,28H,3,9H2,1-2H3/t14-,17-,22-/m0/s1. The van der Waals surface area contributed by atoms with Gasteiger partial charge in [-0.25, -0.2) is 0 Å². The van der Waals surface area contributed by atoms with Crippen LogP contribution in [0.1, 0.15) is 74.8 Å². The summed E-state index contributed by atoms with van der Waals surface area (Å²) in [6, 6.07) is 7.59. The third-order valence-electron chi connectivity index (χ3n) is 6.04. The van der Waals surface area contributed by atoms with Crippen molar-refractivity contribution in [3.63, 3.8) is 0 Å². The quantitative estimate of drug-likeness (QED) is 0.567. The lowest BCUT2D eigenvalue weighted by molar-refractivity contribution is -0.153. The summed E-state index contributed by atoms with van der Waals surface area (Å²) in [7, 11) is 1.17. The summed E-state index contributed by atoms with van der Waals surface area (Å²) in [5, 5.41) is 32.6. The van der Waals surface area contributed by atoms with E-state index in [-0.39, 0.29) is 46.2 Å². The molecule has 0 saturated carbocycles. The molecule has 7 heteroatoms. The van der Waals surface area contributed by atoms with Crippen LogP contribution in [0.5, 0.6) is 5.75 Å². The Hall–Kier alpha value is -3.03. The largest absolute Gasteiger partial charge is 0.507 e. The summed E-state index contributed by atoms with van der Waals surface area (Å²) in [5.74, 6) is -3.51. The fourth-order valence-corrected chi connectivity index (χ4v) is 4.52. The summed E-state index contributed by atoms with van der Waals surface area (Å²) in [6.07, 6.45) is -1.40. The second-order valence-electron chi connectivity index (χ2n) is 7.49. The highest BCUT2D eigenvalue weighted by Crippen LogP contribution is 2.51. The van der Waals surface area contributed by atoms with Crippen molar-refractivity contribution in [2.24, 2.45) is 0 Å². The van der Waals surface area contributed by atoms with Crippen LogP contribution in [0.2, 0.25) is 0 Å². The Bertz CT molecular complexity index is 1070. The highest BCUT2D eigenvalue weighted by molar-refractivity contribution is 6.29. The number of aliphatic hydroxyl groups is 2. The van der Waals surface area contributed by atoms with E-state index in [0.29, 0.717) is 0 Å². The molecule has 0 unspecified atom stereocenters. The van der Waals surface area contributed by atoms with E-state index in [2.05, 4.69) is 0 Å². The molecule has 0 spiro atoms. The molecule has 29 heavy (non-hydrogen) atoms. The molecule has 3 N–H and O–H groups in total. The molecule has 0 aliphatic heterocycles. The van der Waals surface area contributed by atoms with Crippen LogP contribution in [-0.4, -0.2) is 45.6 Å². The van der Waals surface area contributed by atoms with Gasteiger partial charge in [0, 0.05) is 28.7 Å². The number of ether oxygens (including phenoxy) is 1. The number of aromatic hydroxyl groups is 1. The van der Waals surface area contributed by atoms with Gasteiger partial charge in [0.15, 0.2) is 11.6 Å². The van der Waals surface area contributed by atoms with Crippen molar-refractivity contribution in [3.8, 4) is 5.75 Å². The number of benzene rings is 2. The van der Waals surface area contributed by atoms with E-state index in [4.69, 9.17) is 4.74 Å². The van der Waals surface area contributed by atoms with Crippen molar-refractivity contribution >= 4 is 17.5 Å². The lowest BCUT2D eigenvalue weighted by Crippen LogP contribution is -2.46. The summed E-state index contributed by atoms with van der Waals surface area (Å²) < 4.78 is 4.85. The maximum absolute atomic E-state index is 13.0. The Morgan fingerprint density at radius 3 is 2.38 bits per heavy atom. The highest BCUT2D eigenvalue weighted by Gasteiger charge is 2.51. The molecule has 2 aromatic carbocycles. The van der Waals surface area contributed by atoms with E-state index in [0.717, 1.165) is 0 Å². The maximum atomic E-state index is 13.0. The Kier molecular flexibility index (Phi) is 4.33. The zero-order chi connectivity index (χ0) is 21.1. The van der Waals surface area contributed by atoms with Gasteiger partial charge < -0.3 is 20.1 Å². The van der Waals surface area contributed by atoms with Crippen molar-refractivity contribution in [2.75, 3.05) is 7.11 Å². The van der Waals surface area contributed by atoms with Gasteiger partial charge in [0.2, 0.25) is 0 Å². The predicted molar refractivity (Wildman–Crippen MR) is 101 cm³/mol. The monoisotopic (exact) mass is 396 g/mol. The van der Waals surface area contributed by atoms with Crippen molar-refractivity contribution in [2.45, 2.75) is 37.4 Å². The van der Waals surface area contributed by atoms with Crippen LogP contribution in [0.4, 0.5) is 0 Å². The van der Waals surface area contributed by atoms with E-state index < -0.39 is 40.9 Å². The van der Waals surface area contributed by atoms with E-state index in [9.17, 15) is 29.7 Å². The Morgan fingerprint density at radius 2 is 1.79 bits per heavy atom. The number of carbonyl (C=O) groups is 3. The number of ketones is 2. The first-order valence-corrected chi connectivity index (χ1v) is 9.31. The van der Waals surface area contributed by atoms with Crippen LogP contribution in [0.3, 0.4) is 0 Å². The molecule has 2 aliphatic carbocycles. The van der Waals surface area contributed by atoms with Crippen LogP contribution in [-0.2, 0) is 9.53 Å². The zero-order valence-electron chi connectivity index (χ0n) is 15.9. The molecule has 0 heterocycles. The van der Waals surface area contributed by atoms with Crippen molar-refractivity contribution in [1.29, 1.82) is 0 Å². The van der Waals surface area contributed by atoms with E-state index in [1.807, 2.05) is 0 Å². The first-order valence-electron chi connectivity index (χ1n) is 9.31. The number of esters is 1. The number of aliphatic hydroxyl groups excluding tert-OH is 1. The zero-order valence-corrected chi connectivity index (χ0v) is 15.9. The molecule has 4 rings (SSSR count). The van der Waals surface area contributed by atoms with Gasteiger partial charge in [0.25, 0.3) is 0 Å². The molecule has 0 fully saturated rings. The highest BCUT2D eigenvalue weighted by atomic mass is 16.5. The van der Waals surface area contributed by atoms with Crippen molar-refractivity contribution in [3.05, 3.63) is 63.7 Å². The second kappa shape index (κ2) is 6.50. The van der Waals surface area contributed by atoms with Crippen LogP contribution in [0, 0.1) is 0 Å². The normalized spacial score (nSPS) is 25.1. The van der Waals surface area contributed by atoms with Gasteiger partial charge in [0.05, 0.1) is 24.4 Å². The minimum Gasteiger partial charge on any atom is -0.507 e. The molecular formula is C22H20O7. The number of hydrogen-bond donors (Lipinski definition) is 3. The molecule has 150 valence electrons. The Morgan fingerprint density at radius 1 is 1.17 bits per heavy atom. The minimum absolute atomic E-state index is 0.0298.